The molecule has 2 N–H and O–H groups in total. The van der Waals surface area contributed by atoms with Crippen molar-refractivity contribution >= 4 is 11.9 Å². The Bertz CT molecular complexity index is 284. The molecule has 2 fully saturated rings. The number of carboxylic acids is 1. The maximum absolute atomic E-state index is 11.4. The second kappa shape index (κ2) is 4.82. The molecule has 0 aromatic heterocycles. The number of rotatable bonds is 7. The number of hydrogen-bond acceptors (Lipinski definition) is 3. The maximum Gasteiger partial charge on any atom is 0.326 e. The fourth-order valence-corrected chi connectivity index (χ4v) is 1.63. The molecule has 5 nitrogen and oxygen atoms in total. The third-order valence-electron chi connectivity index (χ3n) is 2.96. The van der Waals surface area contributed by atoms with E-state index in [1.54, 1.807) is 0 Å². The van der Waals surface area contributed by atoms with Gasteiger partial charge in [0.05, 0.1) is 6.61 Å². The lowest BCUT2D eigenvalue weighted by molar-refractivity contribution is -0.143. The van der Waals surface area contributed by atoms with Crippen LogP contribution in [0, 0.1) is 11.8 Å². The van der Waals surface area contributed by atoms with Crippen molar-refractivity contribution in [2.75, 3.05) is 13.2 Å². The summed E-state index contributed by atoms with van der Waals surface area (Å²) in [5.41, 5.74) is 0. The van der Waals surface area contributed by atoms with Crippen LogP contribution in [0.15, 0.2) is 0 Å². The number of hydrogen-bond donors (Lipinski definition) is 2. The summed E-state index contributed by atoms with van der Waals surface area (Å²) in [5.74, 6) is -0.533. The predicted molar refractivity (Wildman–Crippen MR) is 55.8 cm³/mol. The van der Waals surface area contributed by atoms with Crippen molar-refractivity contribution in [1.29, 1.82) is 0 Å². The first-order valence-corrected chi connectivity index (χ1v) is 5.76. The van der Waals surface area contributed by atoms with E-state index < -0.39 is 12.0 Å². The summed E-state index contributed by atoms with van der Waals surface area (Å²) in [6, 6.07) is -0.725. The summed E-state index contributed by atoms with van der Waals surface area (Å²) >= 11 is 0. The van der Waals surface area contributed by atoms with E-state index in [2.05, 4.69) is 5.32 Å². The highest BCUT2D eigenvalue weighted by Crippen LogP contribution is 2.32. The molecule has 0 saturated heterocycles. The van der Waals surface area contributed by atoms with Gasteiger partial charge in [0.1, 0.15) is 12.6 Å². The van der Waals surface area contributed by atoms with E-state index in [0.717, 1.165) is 12.8 Å². The second-order valence-corrected chi connectivity index (χ2v) is 4.68. The van der Waals surface area contributed by atoms with Gasteiger partial charge >= 0.3 is 5.97 Å². The van der Waals surface area contributed by atoms with Crippen molar-refractivity contribution in [1.82, 2.24) is 5.32 Å². The average molecular weight is 227 g/mol. The number of carboxylic acid groups (broad SMARTS) is 1. The van der Waals surface area contributed by atoms with Gasteiger partial charge in [0, 0.05) is 0 Å². The highest BCUT2D eigenvalue weighted by Gasteiger charge is 2.37. The van der Waals surface area contributed by atoms with Crippen LogP contribution in [-0.4, -0.2) is 36.2 Å². The van der Waals surface area contributed by atoms with E-state index in [1.807, 2.05) is 0 Å². The summed E-state index contributed by atoms with van der Waals surface area (Å²) in [4.78, 5) is 22.2. The molecule has 1 unspecified atom stereocenters. The Morgan fingerprint density at radius 2 is 2.00 bits per heavy atom. The Kier molecular flexibility index (Phi) is 3.43. The zero-order valence-electron chi connectivity index (χ0n) is 9.15. The van der Waals surface area contributed by atoms with Gasteiger partial charge in [-0.25, -0.2) is 4.79 Å². The van der Waals surface area contributed by atoms with Crippen molar-refractivity contribution in [3.05, 3.63) is 0 Å². The molecule has 1 atom stereocenters. The van der Waals surface area contributed by atoms with E-state index in [9.17, 15) is 9.59 Å². The molecule has 0 heterocycles. The number of ether oxygens (including phenoxy) is 1. The first-order valence-electron chi connectivity index (χ1n) is 5.76. The Balaban J connectivity index is 1.65. The van der Waals surface area contributed by atoms with Crippen LogP contribution >= 0.6 is 0 Å². The monoisotopic (exact) mass is 227 g/mol. The molecule has 16 heavy (non-hydrogen) atoms. The molecule has 0 aliphatic heterocycles. The minimum Gasteiger partial charge on any atom is -0.480 e. The maximum atomic E-state index is 11.4. The zero-order valence-corrected chi connectivity index (χ0v) is 9.15. The van der Waals surface area contributed by atoms with Crippen LogP contribution in [0.3, 0.4) is 0 Å². The van der Waals surface area contributed by atoms with Crippen LogP contribution in [0.25, 0.3) is 0 Å². The molecule has 0 aromatic carbocycles. The molecule has 0 spiro atoms. The van der Waals surface area contributed by atoms with Gasteiger partial charge in [-0.05, 0) is 37.5 Å². The number of carbonyl (C=O) groups excluding carboxylic acids is 1. The van der Waals surface area contributed by atoms with Crippen LogP contribution in [0.1, 0.15) is 25.7 Å². The SMILES string of the molecule is O=C(COCC1CC1)NC(C(=O)O)C1CC1. The van der Waals surface area contributed by atoms with Crippen LogP contribution in [0.2, 0.25) is 0 Å². The molecule has 1 amide bonds. The molecule has 90 valence electrons. The molecular weight excluding hydrogens is 210 g/mol. The van der Waals surface area contributed by atoms with Crippen molar-refractivity contribution in [2.24, 2.45) is 11.8 Å². The zero-order chi connectivity index (χ0) is 11.5. The van der Waals surface area contributed by atoms with E-state index in [4.69, 9.17) is 9.84 Å². The van der Waals surface area contributed by atoms with Gasteiger partial charge in [-0.1, -0.05) is 0 Å². The molecule has 0 aromatic rings. The molecule has 2 saturated carbocycles. The summed E-state index contributed by atoms with van der Waals surface area (Å²) < 4.78 is 5.20. The highest BCUT2D eigenvalue weighted by molar-refractivity contribution is 5.84. The minimum absolute atomic E-state index is 0.0208. The number of nitrogens with one attached hydrogen (secondary N) is 1. The Morgan fingerprint density at radius 3 is 2.50 bits per heavy atom. The van der Waals surface area contributed by atoms with E-state index >= 15 is 0 Å². The van der Waals surface area contributed by atoms with Crippen molar-refractivity contribution in [3.8, 4) is 0 Å². The molecule has 2 aliphatic carbocycles. The first kappa shape index (κ1) is 11.4. The third-order valence-corrected chi connectivity index (χ3v) is 2.96. The Morgan fingerprint density at radius 1 is 1.31 bits per heavy atom. The van der Waals surface area contributed by atoms with Crippen LogP contribution in [-0.2, 0) is 14.3 Å². The third kappa shape index (κ3) is 3.48. The lowest BCUT2D eigenvalue weighted by Gasteiger charge is -2.13. The highest BCUT2D eigenvalue weighted by atomic mass is 16.5. The van der Waals surface area contributed by atoms with Crippen molar-refractivity contribution in [3.63, 3.8) is 0 Å². The standard InChI is InChI=1S/C11H17NO4/c13-9(6-16-5-7-1-2-7)12-10(11(14)15)8-3-4-8/h7-8,10H,1-6H2,(H,12,13)(H,14,15). The number of carbonyl (C=O) groups is 2. The summed E-state index contributed by atoms with van der Waals surface area (Å²) in [5, 5.41) is 11.4. The predicted octanol–water partition coefficient (Wildman–Crippen LogP) is 0.392. The summed E-state index contributed by atoms with van der Waals surface area (Å²) in [7, 11) is 0. The van der Waals surface area contributed by atoms with Crippen LogP contribution < -0.4 is 5.32 Å². The van der Waals surface area contributed by atoms with Crippen LogP contribution in [0.4, 0.5) is 0 Å². The van der Waals surface area contributed by atoms with Gasteiger partial charge in [0.25, 0.3) is 0 Å². The molecule has 2 aliphatic rings. The molecule has 0 bridgehead atoms. The fraction of sp³-hybridized carbons (Fsp3) is 0.818. The summed E-state index contributed by atoms with van der Waals surface area (Å²) in [6.07, 6.45) is 4.14. The largest absolute Gasteiger partial charge is 0.480 e. The lowest BCUT2D eigenvalue weighted by atomic mass is 10.2. The van der Waals surface area contributed by atoms with Gasteiger partial charge < -0.3 is 15.2 Å². The van der Waals surface area contributed by atoms with Gasteiger partial charge in [-0.2, -0.15) is 0 Å². The van der Waals surface area contributed by atoms with Gasteiger partial charge in [-0.3, -0.25) is 4.79 Å². The average Bonchev–Trinajstić information content (AvgIpc) is 3.06. The quantitative estimate of drug-likeness (QED) is 0.659. The van der Waals surface area contributed by atoms with Crippen molar-refractivity contribution < 1.29 is 19.4 Å². The van der Waals surface area contributed by atoms with Gasteiger partial charge in [-0.15, -0.1) is 0 Å². The van der Waals surface area contributed by atoms with Crippen LogP contribution in [0.5, 0.6) is 0 Å². The first-order chi connectivity index (χ1) is 7.66. The fourth-order valence-electron chi connectivity index (χ4n) is 1.63. The van der Waals surface area contributed by atoms with Gasteiger partial charge in [0.2, 0.25) is 5.91 Å². The normalized spacial score (nSPS) is 21.5. The van der Waals surface area contributed by atoms with E-state index in [0.29, 0.717) is 12.5 Å². The molecule has 2 rings (SSSR count). The summed E-state index contributed by atoms with van der Waals surface area (Å²) in [6.45, 7) is 0.599. The number of amides is 1. The lowest BCUT2D eigenvalue weighted by Crippen LogP contribution is -2.44. The molecule has 5 heteroatoms. The Labute approximate surface area is 94.2 Å². The number of aliphatic carboxylic acids is 1. The Hall–Kier alpha value is -1.10. The molecule has 0 radical (unpaired) electrons. The topological polar surface area (TPSA) is 75.6 Å². The van der Waals surface area contributed by atoms with E-state index in [1.165, 1.54) is 12.8 Å². The minimum atomic E-state index is -0.946. The van der Waals surface area contributed by atoms with E-state index in [-0.39, 0.29) is 18.4 Å². The second-order valence-electron chi connectivity index (χ2n) is 4.68. The smallest absolute Gasteiger partial charge is 0.326 e. The van der Waals surface area contributed by atoms with Crippen molar-refractivity contribution in [2.45, 2.75) is 31.7 Å². The molecular formula is C11H17NO4. The van der Waals surface area contributed by atoms with Gasteiger partial charge in [0.15, 0.2) is 0 Å².